The van der Waals surface area contributed by atoms with E-state index in [0.29, 0.717) is 30.7 Å². The van der Waals surface area contributed by atoms with Crippen LogP contribution in [0.4, 0.5) is 0 Å². The first-order chi connectivity index (χ1) is 13.2. The lowest BCUT2D eigenvalue weighted by molar-refractivity contribution is -0.126. The topological polar surface area (TPSA) is 84.9 Å². The second kappa shape index (κ2) is 11.2. The Kier molecular flexibility index (Phi) is 8.54. The summed E-state index contributed by atoms with van der Waals surface area (Å²) >= 11 is 0. The van der Waals surface area contributed by atoms with Gasteiger partial charge in [-0.3, -0.25) is 9.59 Å². The number of hydrogen-bond donors (Lipinski definition) is 2. The third-order valence-electron chi connectivity index (χ3n) is 4.19. The van der Waals surface area contributed by atoms with Gasteiger partial charge in [-0.25, -0.2) is 0 Å². The predicted molar refractivity (Wildman–Crippen MR) is 104 cm³/mol. The largest absolute Gasteiger partial charge is 0.491 e. The molecule has 7 heteroatoms. The molecule has 0 unspecified atom stereocenters. The van der Waals surface area contributed by atoms with E-state index in [0.717, 1.165) is 24.8 Å². The second-order valence-electron chi connectivity index (χ2n) is 6.11. The van der Waals surface area contributed by atoms with Crippen LogP contribution in [0.2, 0.25) is 0 Å². The first-order valence-corrected chi connectivity index (χ1v) is 8.86. The highest BCUT2D eigenvalue weighted by atomic mass is 16.5. The highest BCUT2D eigenvalue weighted by Crippen LogP contribution is 2.11. The number of fused-ring (bicyclic) bond motifs is 1. The number of aryl methyl sites for hydroxylation is 1. The normalized spacial score (nSPS) is 11.9. The van der Waals surface area contributed by atoms with Crippen LogP contribution in [0.5, 0.6) is 0 Å². The zero-order valence-corrected chi connectivity index (χ0v) is 15.4. The van der Waals surface area contributed by atoms with E-state index in [1.807, 2.05) is 24.3 Å². The van der Waals surface area contributed by atoms with Crippen molar-refractivity contribution in [2.75, 3.05) is 13.7 Å². The van der Waals surface area contributed by atoms with E-state index < -0.39 is 7.12 Å². The van der Waals surface area contributed by atoms with Gasteiger partial charge < -0.3 is 19.7 Å². The van der Waals surface area contributed by atoms with Gasteiger partial charge in [0, 0.05) is 12.1 Å². The highest BCUT2D eigenvalue weighted by molar-refractivity contribution is 6.61. The average Bonchev–Trinajstić information content (AvgIpc) is 3.09. The smallest absolute Gasteiger partial charge is 0.471 e. The molecule has 1 heterocycles. The fraction of sp³-hybridized carbons (Fsp3) is 0.300. The summed E-state index contributed by atoms with van der Waals surface area (Å²) in [5.41, 5.74) is 3.53. The molecule has 0 spiro atoms. The number of rotatable bonds is 7. The molecule has 2 N–H and O–H groups in total. The molecule has 0 radical (unpaired) electrons. The Balaban J connectivity index is 0.000000596. The molecule has 0 bridgehead atoms. The Morgan fingerprint density at radius 3 is 2.70 bits per heavy atom. The number of methoxy groups -OCH3 is 1. The van der Waals surface area contributed by atoms with E-state index in [1.54, 1.807) is 12.1 Å². The zero-order valence-electron chi connectivity index (χ0n) is 15.4. The van der Waals surface area contributed by atoms with Crippen molar-refractivity contribution >= 4 is 25.0 Å². The minimum Gasteiger partial charge on any atom is -0.471 e. The molecule has 2 aromatic carbocycles. The van der Waals surface area contributed by atoms with E-state index >= 15 is 0 Å². The number of ether oxygens (including phenoxy) is 1. The number of amides is 1. The monoisotopic (exact) mass is 369 g/mol. The van der Waals surface area contributed by atoms with E-state index in [9.17, 15) is 9.82 Å². The summed E-state index contributed by atoms with van der Waals surface area (Å²) in [6.07, 6.45) is 3.01. The predicted octanol–water partition coefficient (Wildman–Crippen LogP) is 1.45. The van der Waals surface area contributed by atoms with Gasteiger partial charge in [0.1, 0.15) is 0 Å². The van der Waals surface area contributed by atoms with Gasteiger partial charge in [-0.1, -0.05) is 36.4 Å². The van der Waals surface area contributed by atoms with Crippen LogP contribution in [-0.2, 0) is 27.2 Å². The molecular weight excluding hydrogens is 345 g/mol. The summed E-state index contributed by atoms with van der Waals surface area (Å²) in [5.74, 6) is -0.105. The molecule has 27 heavy (non-hydrogen) atoms. The van der Waals surface area contributed by atoms with Crippen molar-refractivity contribution in [2.24, 2.45) is 0 Å². The van der Waals surface area contributed by atoms with Crippen molar-refractivity contribution in [3.63, 3.8) is 0 Å². The van der Waals surface area contributed by atoms with E-state index in [-0.39, 0.29) is 5.91 Å². The van der Waals surface area contributed by atoms with Crippen molar-refractivity contribution in [2.45, 2.75) is 25.9 Å². The molecule has 1 aliphatic heterocycles. The lowest BCUT2D eigenvalue weighted by Gasteiger charge is -2.07. The first-order valence-electron chi connectivity index (χ1n) is 8.86. The molecule has 6 nitrogen and oxygen atoms in total. The van der Waals surface area contributed by atoms with Crippen LogP contribution >= 0.6 is 0 Å². The van der Waals surface area contributed by atoms with Crippen molar-refractivity contribution in [3.8, 4) is 0 Å². The van der Waals surface area contributed by atoms with Gasteiger partial charge in [0.25, 0.3) is 12.4 Å². The lowest BCUT2D eigenvalue weighted by Crippen LogP contribution is -2.31. The van der Waals surface area contributed by atoms with Crippen LogP contribution in [-0.4, -0.2) is 38.2 Å². The molecule has 142 valence electrons. The summed E-state index contributed by atoms with van der Waals surface area (Å²) < 4.78 is 9.00. The maximum atomic E-state index is 12.2. The zero-order chi connectivity index (χ0) is 19.5. The summed E-state index contributed by atoms with van der Waals surface area (Å²) in [6, 6.07) is 15.7. The number of benzene rings is 2. The summed E-state index contributed by atoms with van der Waals surface area (Å²) in [7, 11) is 0.399. The Labute approximate surface area is 159 Å². The Bertz CT molecular complexity index is 738. The number of unbranched alkanes of at least 4 members (excludes halogenated alkanes) is 1. The Morgan fingerprint density at radius 2 is 2.00 bits per heavy atom. The van der Waals surface area contributed by atoms with E-state index in [4.69, 9.17) is 9.45 Å². The maximum Gasteiger partial charge on any atom is 0.491 e. The van der Waals surface area contributed by atoms with Gasteiger partial charge in [-0.15, -0.1) is 0 Å². The van der Waals surface area contributed by atoms with Crippen molar-refractivity contribution in [3.05, 3.63) is 65.2 Å². The minimum atomic E-state index is -0.913. The molecule has 0 fully saturated rings. The summed E-state index contributed by atoms with van der Waals surface area (Å²) in [5, 5.41) is 12.6. The molecule has 0 aliphatic carbocycles. The SMILES string of the molecule is COC=O.O=C(NCCCCc1ccccc1)c1ccc2c(c1)B(O)OC2. The van der Waals surface area contributed by atoms with Crippen LogP contribution in [0.3, 0.4) is 0 Å². The first kappa shape index (κ1) is 20.7. The van der Waals surface area contributed by atoms with Gasteiger partial charge >= 0.3 is 7.12 Å². The molecular formula is C20H24BNO5. The molecule has 0 saturated heterocycles. The van der Waals surface area contributed by atoms with E-state index in [2.05, 4.69) is 22.2 Å². The van der Waals surface area contributed by atoms with Crippen molar-refractivity contribution in [1.82, 2.24) is 5.32 Å². The number of hydrogen-bond acceptors (Lipinski definition) is 5. The third kappa shape index (κ3) is 6.55. The van der Waals surface area contributed by atoms with Crippen molar-refractivity contribution < 1.29 is 24.0 Å². The number of carbonyl (C=O) groups excluding carboxylic acids is 2. The summed E-state index contributed by atoms with van der Waals surface area (Å²) in [4.78, 5) is 21.1. The minimum absolute atomic E-state index is 0.105. The van der Waals surface area contributed by atoms with Gasteiger partial charge in [-0.05, 0) is 48.0 Å². The Hall–Kier alpha value is -2.64. The van der Waals surface area contributed by atoms with Crippen LogP contribution in [0.1, 0.15) is 34.3 Å². The lowest BCUT2D eigenvalue weighted by atomic mass is 9.79. The van der Waals surface area contributed by atoms with Crippen molar-refractivity contribution in [1.29, 1.82) is 0 Å². The molecule has 0 saturated carbocycles. The fourth-order valence-corrected chi connectivity index (χ4v) is 2.76. The van der Waals surface area contributed by atoms with E-state index in [1.165, 1.54) is 12.7 Å². The van der Waals surface area contributed by atoms with Gasteiger partial charge in [-0.2, -0.15) is 0 Å². The standard InChI is InChI=1S/C18H20BNO3.C2H4O2/c21-18(15-9-10-16-13-23-19(22)17(16)12-15)20-11-5-4-8-14-6-2-1-3-7-14;1-4-2-3/h1-3,6-7,9-10,12,22H,4-5,8,11,13H2,(H,20,21);2H,1H3. The molecule has 2 aromatic rings. The van der Waals surface area contributed by atoms with Crippen LogP contribution in [0.25, 0.3) is 0 Å². The number of carbonyl (C=O) groups is 2. The molecule has 0 aromatic heterocycles. The summed E-state index contributed by atoms with van der Waals surface area (Å²) in [6.45, 7) is 1.43. The van der Waals surface area contributed by atoms with Crippen LogP contribution < -0.4 is 10.8 Å². The fourth-order valence-electron chi connectivity index (χ4n) is 2.76. The molecule has 0 atom stereocenters. The van der Waals surface area contributed by atoms with Crippen LogP contribution in [0.15, 0.2) is 48.5 Å². The Morgan fingerprint density at radius 1 is 1.26 bits per heavy atom. The quantitative estimate of drug-likeness (QED) is 0.438. The second-order valence-corrected chi connectivity index (χ2v) is 6.11. The molecule has 1 aliphatic rings. The maximum absolute atomic E-state index is 12.2. The van der Waals surface area contributed by atoms with Gasteiger partial charge in [0.2, 0.25) is 0 Å². The van der Waals surface area contributed by atoms with Gasteiger partial charge in [0.15, 0.2) is 0 Å². The highest BCUT2D eigenvalue weighted by Gasteiger charge is 2.27. The molecule has 1 amide bonds. The van der Waals surface area contributed by atoms with Gasteiger partial charge in [0.05, 0.1) is 13.7 Å². The average molecular weight is 369 g/mol. The third-order valence-corrected chi connectivity index (χ3v) is 4.19. The number of nitrogens with one attached hydrogen (secondary N) is 1. The molecule has 3 rings (SSSR count). The van der Waals surface area contributed by atoms with Crippen LogP contribution in [0, 0.1) is 0 Å².